The fourth-order valence-corrected chi connectivity index (χ4v) is 11.6. The number of carboxylic acids is 1. The molecule has 0 saturated heterocycles. The van der Waals surface area contributed by atoms with Crippen LogP contribution in [0.5, 0.6) is 0 Å². The highest BCUT2D eigenvalue weighted by molar-refractivity contribution is 7.30. The molecule has 0 unspecified atom stereocenters. The lowest BCUT2D eigenvalue weighted by Gasteiger charge is -2.04. The summed E-state index contributed by atoms with van der Waals surface area (Å²) in [5, 5.41) is 9.76. The molecule has 0 amide bonds. The fourth-order valence-electron chi connectivity index (χ4n) is 5.59. The molecule has 46 heavy (non-hydrogen) atoms. The molecule has 0 saturated carbocycles. The van der Waals surface area contributed by atoms with Gasteiger partial charge in [-0.05, 0) is 88.8 Å². The van der Waals surface area contributed by atoms with E-state index >= 15 is 0 Å². The van der Waals surface area contributed by atoms with Crippen molar-refractivity contribution in [1.29, 1.82) is 0 Å². The number of carbonyl (C=O) groups is 1. The molecule has 0 aliphatic heterocycles. The summed E-state index contributed by atoms with van der Waals surface area (Å²) in [4.78, 5) is 23.6. The summed E-state index contributed by atoms with van der Waals surface area (Å²) in [6.45, 7) is 3.17. The van der Waals surface area contributed by atoms with E-state index in [-0.39, 0.29) is 6.42 Å². The van der Waals surface area contributed by atoms with Gasteiger partial charge in [-0.2, -0.15) is 0 Å². The second kappa shape index (κ2) is 13.2. The summed E-state index contributed by atoms with van der Waals surface area (Å²) in [6, 6.07) is 33.9. The van der Waals surface area contributed by atoms with E-state index in [1.54, 1.807) is 45.3 Å². The van der Waals surface area contributed by atoms with E-state index in [4.69, 9.17) is 11.5 Å². The third-order valence-electron chi connectivity index (χ3n) is 7.83. The number of aryl methyl sites for hydroxylation is 1. The van der Waals surface area contributed by atoms with Crippen molar-refractivity contribution in [2.75, 3.05) is 0 Å². The van der Waals surface area contributed by atoms with Crippen LogP contribution in [0.1, 0.15) is 22.3 Å². The van der Waals surface area contributed by atoms with Gasteiger partial charge >= 0.3 is 5.97 Å². The minimum Gasteiger partial charge on any atom is -0.481 e. The Bertz CT molecular complexity index is 2180. The molecular formula is C37H30N2O2S5. The van der Waals surface area contributed by atoms with E-state index in [1.807, 2.05) is 29.5 Å². The Kier molecular flexibility index (Phi) is 8.89. The zero-order valence-corrected chi connectivity index (χ0v) is 29.0. The number of hydrogen-bond donors (Lipinski definition) is 3. The maximum absolute atomic E-state index is 11.9. The Morgan fingerprint density at radius 3 is 1.57 bits per heavy atom. The second-order valence-electron chi connectivity index (χ2n) is 10.9. The van der Waals surface area contributed by atoms with Gasteiger partial charge in [0.2, 0.25) is 0 Å². The molecule has 0 aliphatic carbocycles. The average molecular weight is 695 g/mol. The van der Waals surface area contributed by atoms with Crippen molar-refractivity contribution in [1.82, 2.24) is 0 Å². The first-order valence-corrected chi connectivity index (χ1v) is 18.8. The molecule has 4 nitrogen and oxygen atoms in total. The number of benzene rings is 2. The first-order valence-electron chi connectivity index (χ1n) is 14.7. The van der Waals surface area contributed by atoms with E-state index < -0.39 is 5.97 Å². The monoisotopic (exact) mass is 694 g/mol. The fraction of sp³-hybridized carbons (Fsp3) is 0.108. The molecule has 0 atom stereocenters. The summed E-state index contributed by atoms with van der Waals surface area (Å²) >= 11 is 8.73. The minimum atomic E-state index is -0.825. The van der Waals surface area contributed by atoms with Crippen LogP contribution >= 0.6 is 56.7 Å². The van der Waals surface area contributed by atoms with Crippen LogP contribution in [-0.4, -0.2) is 11.1 Å². The summed E-state index contributed by atoms with van der Waals surface area (Å²) in [7, 11) is 0. The molecule has 2 aromatic carbocycles. The Hall–Kier alpha value is -3.67. The highest BCUT2D eigenvalue weighted by atomic mass is 32.1. The molecule has 0 bridgehead atoms. The molecule has 230 valence electrons. The number of nitrogens with two attached hydrogens (primary N) is 2. The highest BCUT2D eigenvalue weighted by Crippen LogP contribution is 2.48. The predicted molar refractivity (Wildman–Crippen MR) is 200 cm³/mol. The summed E-state index contributed by atoms with van der Waals surface area (Å²) < 4.78 is 0. The molecule has 5 aromatic heterocycles. The van der Waals surface area contributed by atoms with Crippen LogP contribution in [0.3, 0.4) is 0 Å². The number of thiophene rings is 5. The molecule has 0 aliphatic rings. The van der Waals surface area contributed by atoms with Crippen LogP contribution in [0.25, 0.3) is 59.9 Å². The van der Waals surface area contributed by atoms with Crippen molar-refractivity contribution in [3.8, 4) is 59.9 Å². The molecule has 5 N–H and O–H groups in total. The van der Waals surface area contributed by atoms with Crippen molar-refractivity contribution >= 4 is 62.7 Å². The second-order valence-corrected chi connectivity index (χ2v) is 16.2. The largest absolute Gasteiger partial charge is 0.481 e. The van der Waals surface area contributed by atoms with Crippen molar-refractivity contribution in [2.24, 2.45) is 11.5 Å². The van der Waals surface area contributed by atoms with E-state index in [1.165, 1.54) is 35.5 Å². The molecule has 0 radical (unpaired) electrons. The van der Waals surface area contributed by atoms with Crippen molar-refractivity contribution in [3.05, 3.63) is 119 Å². The van der Waals surface area contributed by atoms with Gasteiger partial charge < -0.3 is 16.6 Å². The van der Waals surface area contributed by atoms with Gasteiger partial charge in [0, 0.05) is 61.9 Å². The Morgan fingerprint density at radius 2 is 1.00 bits per heavy atom. The van der Waals surface area contributed by atoms with Gasteiger partial charge in [-0.3, -0.25) is 4.79 Å². The van der Waals surface area contributed by atoms with E-state index in [9.17, 15) is 9.90 Å². The smallest absolute Gasteiger partial charge is 0.307 e. The van der Waals surface area contributed by atoms with Crippen molar-refractivity contribution in [2.45, 2.75) is 26.4 Å². The normalized spacial score (nSPS) is 11.4. The molecule has 9 heteroatoms. The van der Waals surface area contributed by atoms with Crippen LogP contribution in [0.4, 0.5) is 0 Å². The topological polar surface area (TPSA) is 89.3 Å². The van der Waals surface area contributed by atoms with Gasteiger partial charge in [-0.25, -0.2) is 0 Å². The quantitative estimate of drug-likeness (QED) is 0.133. The molecule has 5 heterocycles. The average Bonchev–Trinajstić information content (AvgIpc) is 3.90. The van der Waals surface area contributed by atoms with Crippen LogP contribution in [0, 0.1) is 6.92 Å². The summed E-state index contributed by atoms with van der Waals surface area (Å²) in [5.41, 5.74) is 18.7. The first-order chi connectivity index (χ1) is 22.4. The van der Waals surface area contributed by atoms with E-state index in [2.05, 4.69) is 85.8 Å². The molecule has 7 aromatic rings. The SMILES string of the molecule is Cc1cc(-c2ccc(-c3ccccc3CN)s2)sc1-c1ccc(-c2sc(-c3ccc(-c4ccccc4CN)s3)cc2CC(=O)O)s1. The number of rotatable bonds is 10. The van der Waals surface area contributed by atoms with Gasteiger partial charge in [0.05, 0.1) is 6.42 Å². The third kappa shape index (κ3) is 6.08. The predicted octanol–water partition coefficient (Wildman–Crippen LogP) is 10.8. The zero-order valence-electron chi connectivity index (χ0n) is 24.9. The Balaban J connectivity index is 1.19. The first kappa shape index (κ1) is 31.0. The van der Waals surface area contributed by atoms with Crippen molar-refractivity contribution in [3.63, 3.8) is 0 Å². The van der Waals surface area contributed by atoms with Crippen LogP contribution in [0.2, 0.25) is 0 Å². The maximum Gasteiger partial charge on any atom is 0.307 e. The van der Waals surface area contributed by atoms with Gasteiger partial charge in [0.1, 0.15) is 0 Å². The van der Waals surface area contributed by atoms with Crippen molar-refractivity contribution < 1.29 is 9.90 Å². The van der Waals surface area contributed by atoms with Gasteiger partial charge in [-0.15, -0.1) is 56.7 Å². The summed E-state index contributed by atoms with van der Waals surface area (Å²) in [6.07, 6.45) is -0.0104. The lowest BCUT2D eigenvalue weighted by atomic mass is 10.1. The van der Waals surface area contributed by atoms with E-state index in [0.717, 1.165) is 46.6 Å². The van der Waals surface area contributed by atoms with Crippen LogP contribution in [0.15, 0.2) is 97.1 Å². The molecular weight excluding hydrogens is 665 g/mol. The zero-order chi connectivity index (χ0) is 31.8. The number of aliphatic carboxylic acids is 1. The molecule has 7 rings (SSSR count). The number of hydrogen-bond acceptors (Lipinski definition) is 8. The lowest BCUT2D eigenvalue weighted by Crippen LogP contribution is -1.99. The van der Waals surface area contributed by atoms with Crippen LogP contribution < -0.4 is 11.5 Å². The third-order valence-corrected chi connectivity index (χ3v) is 14.3. The minimum absolute atomic E-state index is 0.0104. The van der Waals surface area contributed by atoms with Crippen LogP contribution in [-0.2, 0) is 24.3 Å². The standard InChI is InChI=1S/C37H30N2O2S5/c1-21-16-33(29-12-10-27(42-29)25-8-4-2-6-22(25)19-38)45-36(21)31-14-15-32(44-31)37-24(18-35(40)41)17-34(46-37)30-13-11-28(43-30)26-9-5-3-7-23(26)20-39/h2-17H,18-20,38-39H2,1H3,(H,40,41). The number of carboxylic acid groups (broad SMARTS) is 1. The van der Waals surface area contributed by atoms with Gasteiger partial charge in [0.15, 0.2) is 0 Å². The maximum atomic E-state index is 11.9. The van der Waals surface area contributed by atoms with E-state index in [0.29, 0.717) is 13.1 Å². The van der Waals surface area contributed by atoms with Gasteiger partial charge in [-0.1, -0.05) is 48.5 Å². The molecule has 0 spiro atoms. The Labute approximate surface area is 287 Å². The van der Waals surface area contributed by atoms with Gasteiger partial charge in [0.25, 0.3) is 0 Å². The molecule has 0 fully saturated rings. The summed E-state index contributed by atoms with van der Waals surface area (Å²) in [5.74, 6) is -0.825. The Morgan fingerprint density at radius 1 is 0.543 bits per heavy atom. The highest BCUT2D eigenvalue weighted by Gasteiger charge is 2.20. The lowest BCUT2D eigenvalue weighted by molar-refractivity contribution is -0.136.